The van der Waals surface area contributed by atoms with Gasteiger partial charge in [-0.2, -0.15) is 0 Å². The van der Waals surface area contributed by atoms with Crippen molar-refractivity contribution in [1.82, 2.24) is 20.9 Å². The van der Waals surface area contributed by atoms with Crippen molar-refractivity contribution in [2.24, 2.45) is 17.8 Å². The number of likely N-dealkylation sites (tertiary alicyclic amines) is 1. The molecule has 45 heavy (non-hydrogen) atoms. The van der Waals surface area contributed by atoms with Crippen LogP contribution in [0.15, 0.2) is 0 Å². The molecule has 0 aromatic heterocycles. The average Bonchev–Trinajstić information content (AvgIpc) is 3.77. The van der Waals surface area contributed by atoms with Crippen LogP contribution >= 0.6 is 0 Å². The number of rotatable bonds is 6. The lowest BCUT2D eigenvalue weighted by Crippen LogP contribution is -2.57. The highest BCUT2D eigenvalue weighted by molar-refractivity contribution is 5.93. The van der Waals surface area contributed by atoms with Gasteiger partial charge < -0.3 is 20.7 Å². The molecule has 8 nitrogen and oxygen atoms in total. The van der Waals surface area contributed by atoms with Gasteiger partial charge >= 0.3 is 0 Å². The standard InChI is InChI=1S/C37H62N4O4/c42-35-32(19-18-26-10-2-1-3-11-26)39-37(44)34(41-20-6-7-21-41)25-28-13-9-17-31(23-28)45-30-16-8-12-27(22-30)24-33(40-35)36(43)38-29-14-4-5-15-29/h26-34H,1-25H2,(H,38,43)(H,39,44)(H,40,42)/t27?,28?,30?,31?,32-,33-,34-/m0/s1. The van der Waals surface area contributed by atoms with E-state index in [1.54, 1.807) is 0 Å². The number of hydrogen-bond donors (Lipinski definition) is 3. The predicted molar refractivity (Wildman–Crippen MR) is 176 cm³/mol. The zero-order valence-corrected chi connectivity index (χ0v) is 28.0. The minimum Gasteiger partial charge on any atom is -0.375 e. The number of ether oxygens (including phenoxy) is 1. The van der Waals surface area contributed by atoms with Gasteiger partial charge in [0.25, 0.3) is 0 Å². The van der Waals surface area contributed by atoms with E-state index in [9.17, 15) is 14.4 Å². The average molecular weight is 627 g/mol. The van der Waals surface area contributed by atoms with E-state index in [4.69, 9.17) is 4.74 Å². The van der Waals surface area contributed by atoms with Crippen molar-refractivity contribution in [3.63, 3.8) is 0 Å². The molecule has 0 spiro atoms. The Morgan fingerprint density at radius 2 is 1.31 bits per heavy atom. The zero-order chi connectivity index (χ0) is 31.0. The first kappa shape index (κ1) is 33.2. The molecule has 8 heteroatoms. The fraction of sp³-hybridized carbons (Fsp3) is 0.919. The summed E-state index contributed by atoms with van der Waals surface area (Å²) in [6.07, 6.45) is 25.2. The monoisotopic (exact) mass is 626 g/mol. The number of fused-ring (bicyclic) bond motifs is 4. The molecule has 3 amide bonds. The van der Waals surface area contributed by atoms with Crippen molar-refractivity contribution >= 4 is 17.7 Å². The normalized spacial score (nSPS) is 36.8. The van der Waals surface area contributed by atoms with Gasteiger partial charge in [-0.15, -0.1) is 0 Å². The molecule has 0 radical (unpaired) electrons. The summed E-state index contributed by atoms with van der Waals surface area (Å²) in [6, 6.07) is -1.16. The smallest absolute Gasteiger partial charge is 0.243 e. The molecule has 4 saturated carbocycles. The number of nitrogens with one attached hydrogen (secondary N) is 3. The molecule has 2 saturated heterocycles. The minimum atomic E-state index is -0.597. The van der Waals surface area contributed by atoms with Gasteiger partial charge in [0.2, 0.25) is 17.7 Å². The summed E-state index contributed by atoms with van der Waals surface area (Å²) in [7, 11) is 0. The van der Waals surface area contributed by atoms with Crippen LogP contribution in [0.3, 0.4) is 0 Å². The first-order valence-electron chi connectivity index (χ1n) is 19.3. The van der Waals surface area contributed by atoms with E-state index in [0.29, 0.717) is 30.6 Å². The van der Waals surface area contributed by atoms with Crippen molar-refractivity contribution in [3.05, 3.63) is 0 Å². The Morgan fingerprint density at radius 1 is 0.667 bits per heavy atom. The van der Waals surface area contributed by atoms with Gasteiger partial charge in [-0.25, -0.2) is 0 Å². The van der Waals surface area contributed by atoms with E-state index in [1.165, 1.54) is 32.1 Å². The maximum absolute atomic E-state index is 14.2. The highest BCUT2D eigenvalue weighted by Gasteiger charge is 2.38. The highest BCUT2D eigenvalue weighted by Crippen LogP contribution is 2.36. The Kier molecular flexibility index (Phi) is 12.1. The summed E-state index contributed by atoms with van der Waals surface area (Å²) in [5, 5.41) is 9.84. The Labute approximate surface area is 272 Å². The molecule has 4 bridgehead atoms. The van der Waals surface area contributed by atoms with Crippen molar-refractivity contribution in [1.29, 1.82) is 0 Å². The molecule has 6 fully saturated rings. The molecule has 4 unspecified atom stereocenters. The molecule has 2 heterocycles. The lowest BCUT2D eigenvalue weighted by atomic mass is 9.80. The first-order chi connectivity index (χ1) is 22.0. The SMILES string of the molecule is O=C(NC1CCCC1)[C@@H]1CC2CCCC(C2)OC2CCCC(C2)C[C@H](N2CCCC2)C(=O)N[C@@H](CCC2CCCCC2)C(=O)N1. The number of amides is 3. The minimum absolute atomic E-state index is 0.0136. The molecule has 6 aliphatic rings. The van der Waals surface area contributed by atoms with E-state index in [2.05, 4.69) is 20.9 Å². The van der Waals surface area contributed by atoms with Crippen molar-refractivity contribution in [2.45, 2.75) is 184 Å². The molecule has 0 aromatic rings. The molecular weight excluding hydrogens is 564 g/mol. The molecule has 254 valence electrons. The van der Waals surface area contributed by atoms with Gasteiger partial charge in [-0.3, -0.25) is 19.3 Å². The Morgan fingerprint density at radius 3 is 2.00 bits per heavy atom. The lowest BCUT2D eigenvalue weighted by molar-refractivity contribution is -0.135. The van der Waals surface area contributed by atoms with E-state index in [0.717, 1.165) is 116 Å². The number of carbonyl (C=O) groups is 3. The second kappa shape index (κ2) is 16.4. The van der Waals surface area contributed by atoms with E-state index < -0.39 is 12.1 Å². The summed E-state index contributed by atoms with van der Waals surface area (Å²) in [4.78, 5) is 44.6. The molecule has 2 aliphatic heterocycles. The first-order valence-corrected chi connectivity index (χ1v) is 19.3. The van der Waals surface area contributed by atoms with Crippen molar-refractivity contribution < 1.29 is 19.1 Å². The van der Waals surface area contributed by atoms with Crippen LogP contribution < -0.4 is 16.0 Å². The van der Waals surface area contributed by atoms with Gasteiger partial charge in [0.15, 0.2) is 0 Å². The predicted octanol–water partition coefficient (Wildman–Crippen LogP) is 5.77. The third-order valence-corrected chi connectivity index (χ3v) is 12.4. The largest absolute Gasteiger partial charge is 0.375 e. The van der Waals surface area contributed by atoms with Crippen LogP contribution in [0, 0.1) is 17.8 Å². The summed E-state index contributed by atoms with van der Waals surface area (Å²) < 4.78 is 6.81. The number of nitrogens with zero attached hydrogens (tertiary/aromatic N) is 1. The van der Waals surface area contributed by atoms with Gasteiger partial charge in [0.1, 0.15) is 12.1 Å². The zero-order valence-electron chi connectivity index (χ0n) is 28.0. The molecule has 4 aliphatic carbocycles. The second-order valence-corrected chi connectivity index (χ2v) is 15.9. The summed E-state index contributed by atoms with van der Waals surface area (Å²) in [5.74, 6) is 1.26. The maximum Gasteiger partial charge on any atom is 0.243 e. The highest BCUT2D eigenvalue weighted by atomic mass is 16.5. The van der Waals surface area contributed by atoms with Gasteiger partial charge in [-0.05, 0) is 108 Å². The molecule has 3 N–H and O–H groups in total. The Hall–Kier alpha value is -1.67. The van der Waals surface area contributed by atoms with Crippen LogP contribution in [-0.2, 0) is 19.1 Å². The van der Waals surface area contributed by atoms with Crippen LogP contribution in [-0.4, -0.2) is 72.1 Å². The van der Waals surface area contributed by atoms with Crippen LogP contribution in [0.4, 0.5) is 0 Å². The van der Waals surface area contributed by atoms with Crippen LogP contribution in [0.1, 0.15) is 148 Å². The van der Waals surface area contributed by atoms with Crippen molar-refractivity contribution in [3.8, 4) is 0 Å². The fourth-order valence-electron chi connectivity index (χ4n) is 9.85. The van der Waals surface area contributed by atoms with E-state index in [1.807, 2.05) is 0 Å². The maximum atomic E-state index is 14.2. The van der Waals surface area contributed by atoms with Crippen LogP contribution in [0.5, 0.6) is 0 Å². The van der Waals surface area contributed by atoms with Crippen LogP contribution in [0.2, 0.25) is 0 Å². The third kappa shape index (κ3) is 9.46. The lowest BCUT2D eigenvalue weighted by Gasteiger charge is -2.38. The van der Waals surface area contributed by atoms with Gasteiger partial charge in [-0.1, -0.05) is 70.6 Å². The third-order valence-electron chi connectivity index (χ3n) is 12.4. The van der Waals surface area contributed by atoms with Crippen LogP contribution in [0.25, 0.3) is 0 Å². The quantitative estimate of drug-likeness (QED) is 0.348. The molecular formula is C37H62N4O4. The van der Waals surface area contributed by atoms with Gasteiger partial charge in [0.05, 0.1) is 18.2 Å². The second-order valence-electron chi connectivity index (χ2n) is 15.9. The summed E-state index contributed by atoms with van der Waals surface area (Å²) >= 11 is 0. The number of hydrogen-bond acceptors (Lipinski definition) is 5. The molecule has 0 aromatic carbocycles. The van der Waals surface area contributed by atoms with E-state index in [-0.39, 0.29) is 42.0 Å². The van der Waals surface area contributed by atoms with E-state index >= 15 is 0 Å². The molecule has 6 rings (SSSR count). The number of carbonyl (C=O) groups excluding carboxylic acids is 3. The van der Waals surface area contributed by atoms with Crippen molar-refractivity contribution in [2.75, 3.05) is 13.1 Å². The Bertz CT molecular complexity index is 973. The fourth-order valence-corrected chi connectivity index (χ4v) is 9.85. The summed E-state index contributed by atoms with van der Waals surface area (Å²) in [6.45, 7) is 1.91. The Balaban J connectivity index is 1.24. The molecule has 7 atom stereocenters. The summed E-state index contributed by atoms with van der Waals surface area (Å²) in [5.41, 5.74) is 0. The van der Waals surface area contributed by atoms with Gasteiger partial charge in [0, 0.05) is 6.04 Å². The topological polar surface area (TPSA) is 99.8 Å².